The predicted octanol–water partition coefficient (Wildman–Crippen LogP) is 5.16. The quantitative estimate of drug-likeness (QED) is 0.357. The third-order valence-electron chi connectivity index (χ3n) is 3.97. The normalized spacial score (nSPS) is 12.4. The van der Waals surface area contributed by atoms with Crippen molar-refractivity contribution in [3.05, 3.63) is 74.0 Å². The zero-order valence-corrected chi connectivity index (χ0v) is 19.9. The summed E-state index contributed by atoms with van der Waals surface area (Å²) in [5.74, 6) is 0. The molecule has 12 heteroatoms. The van der Waals surface area contributed by atoms with Gasteiger partial charge in [0, 0.05) is 16.0 Å². The Labute approximate surface area is 193 Å². The van der Waals surface area contributed by atoms with Crippen molar-refractivity contribution < 1.29 is 16.8 Å². The monoisotopic (exact) mass is 522 g/mol. The van der Waals surface area contributed by atoms with Crippen LogP contribution in [-0.2, 0) is 19.9 Å². The fraction of sp³-hybridized carbons (Fsp3) is 0.0556. The van der Waals surface area contributed by atoms with Crippen molar-refractivity contribution in [3.63, 3.8) is 0 Å². The minimum absolute atomic E-state index is 0.0103. The lowest BCUT2D eigenvalue weighted by atomic mass is 10.2. The van der Waals surface area contributed by atoms with E-state index in [2.05, 4.69) is 9.93 Å². The summed E-state index contributed by atoms with van der Waals surface area (Å²) in [4.78, 5) is 1.96. The van der Waals surface area contributed by atoms with E-state index in [1.54, 1.807) is 18.2 Å². The van der Waals surface area contributed by atoms with Gasteiger partial charge in [0.2, 0.25) is 9.84 Å². The van der Waals surface area contributed by atoms with Gasteiger partial charge in [0.15, 0.2) is 0 Å². The Hall–Kier alpha value is -1.62. The summed E-state index contributed by atoms with van der Waals surface area (Å²) in [7, 11) is -8.03. The van der Waals surface area contributed by atoms with Gasteiger partial charge in [-0.2, -0.15) is 18.4 Å². The number of sulfonamides is 1. The second-order valence-electron chi connectivity index (χ2n) is 5.96. The van der Waals surface area contributed by atoms with E-state index in [0.29, 0.717) is 20.6 Å². The minimum atomic E-state index is -4.12. The maximum Gasteiger partial charge on any atom is 0.286 e. The first kappa shape index (κ1) is 23.1. The fourth-order valence-corrected chi connectivity index (χ4v) is 7.37. The van der Waals surface area contributed by atoms with Crippen LogP contribution in [0.1, 0.15) is 11.1 Å². The van der Waals surface area contributed by atoms with Gasteiger partial charge in [0.05, 0.1) is 26.1 Å². The van der Waals surface area contributed by atoms with Crippen LogP contribution >= 0.6 is 46.1 Å². The molecule has 0 bridgehead atoms. The van der Waals surface area contributed by atoms with E-state index in [9.17, 15) is 16.8 Å². The van der Waals surface area contributed by atoms with Gasteiger partial charge in [-0.1, -0.05) is 40.9 Å². The second-order valence-corrected chi connectivity index (χ2v) is 11.9. The average molecular weight is 524 g/mol. The maximum absolute atomic E-state index is 12.9. The smallest absolute Gasteiger partial charge is 0.218 e. The molecule has 30 heavy (non-hydrogen) atoms. The Kier molecular flexibility index (Phi) is 6.81. The van der Waals surface area contributed by atoms with Crippen molar-refractivity contribution in [2.45, 2.75) is 20.9 Å². The third kappa shape index (κ3) is 4.66. The van der Waals surface area contributed by atoms with E-state index in [-0.39, 0.29) is 19.6 Å². The zero-order chi connectivity index (χ0) is 22.1. The maximum atomic E-state index is 12.9. The molecular formula is C18H13Cl3N2O4S3. The highest BCUT2D eigenvalue weighted by Gasteiger charge is 2.28. The van der Waals surface area contributed by atoms with Gasteiger partial charge < -0.3 is 0 Å². The van der Waals surface area contributed by atoms with Crippen LogP contribution < -0.4 is 4.83 Å². The van der Waals surface area contributed by atoms with Gasteiger partial charge in [-0.3, -0.25) is 0 Å². The second kappa shape index (κ2) is 8.86. The third-order valence-corrected chi connectivity index (χ3v) is 9.89. The Morgan fingerprint density at radius 1 is 0.967 bits per heavy atom. The summed E-state index contributed by atoms with van der Waals surface area (Å²) in [5.41, 5.74) is 0.436. The van der Waals surface area contributed by atoms with Gasteiger partial charge in [0.1, 0.15) is 4.21 Å². The summed E-state index contributed by atoms with van der Waals surface area (Å²) < 4.78 is 50.9. The number of hydrazone groups is 1. The number of hydrogen-bond acceptors (Lipinski definition) is 6. The minimum Gasteiger partial charge on any atom is -0.218 e. The number of benzene rings is 2. The summed E-state index contributed by atoms with van der Waals surface area (Å²) in [6, 6.07) is 10.4. The molecule has 1 heterocycles. The van der Waals surface area contributed by atoms with E-state index < -0.39 is 19.9 Å². The van der Waals surface area contributed by atoms with Gasteiger partial charge in [-0.25, -0.2) is 8.42 Å². The lowest BCUT2D eigenvalue weighted by Crippen LogP contribution is -2.18. The van der Waals surface area contributed by atoms with Gasteiger partial charge in [0.25, 0.3) is 10.0 Å². The summed E-state index contributed by atoms with van der Waals surface area (Å²) in [5, 5.41) is 5.97. The van der Waals surface area contributed by atoms with E-state index in [0.717, 1.165) is 11.3 Å². The highest BCUT2D eigenvalue weighted by Crippen LogP contribution is 2.33. The molecule has 0 aliphatic rings. The Bertz CT molecular complexity index is 1310. The lowest BCUT2D eigenvalue weighted by molar-refractivity contribution is 0.586. The van der Waals surface area contributed by atoms with Gasteiger partial charge in [-0.15, -0.1) is 11.3 Å². The number of rotatable bonds is 6. The van der Waals surface area contributed by atoms with Crippen molar-refractivity contribution in [1.82, 2.24) is 4.83 Å². The molecule has 3 aromatic rings. The topological polar surface area (TPSA) is 92.7 Å². The molecular weight excluding hydrogens is 511 g/mol. The van der Waals surface area contributed by atoms with Crippen LogP contribution in [0.3, 0.4) is 0 Å². The van der Waals surface area contributed by atoms with Gasteiger partial charge in [-0.05, 0) is 48.9 Å². The molecule has 1 aromatic heterocycles. The molecule has 3 rings (SSSR count). The zero-order valence-electron chi connectivity index (χ0n) is 15.1. The number of thiophene rings is 1. The number of nitrogens with one attached hydrogen (secondary N) is 1. The van der Waals surface area contributed by atoms with Crippen LogP contribution in [0, 0.1) is 6.92 Å². The first-order chi connectivity index (χ1) is 14.0. The van der Waals surface area contributed by atoms with E-state index in [1.807, 2.05) is 0 Å². The number of sulfone groups is 1. The predicted molar refractivity (Wildman–Crippen MR) is 120 cm³/mol. The largest absolute Gasteiger partial charge is 0.286 e. The molecule has 1 N–H and O–H groups in total. The molecule has 0 fully saturated rings. The molecule has 0 amide bonds. The average Bonchev–Trinajstić information content (AvgIpc) is 3.07. The molecule has 158 valence electrons. The molecule has 0 atom stereocenters. The number of nitrogens with zero attached hydrogens (tertiary/aromatic N) is 1. The molecule has 0 saturated heterocycles. The standard InChI is InChI=1S/C18H13Cl3N2O4S3/c1-11-17(29(24,25)13-7-5-12(19)6-8-13)10-28-18(11)30(26,27)23-22-9-14-15(20)3-2-4-16(14)21/h2-10,23H,1H3/b22-9+. The van der Waals surface area contributed by atoms with Crippen molar-refractivity contribution in [2.24, 2.45) is 5.10 Å². The van der Waals surface area contributed by atoms with Crippen LogP contribution in [0.2, 0.25) is 15.1 Å². The highest BCUT2D eigenvalue weighted by molar-refractivity contribution is 7.93. The fourth-order valence-electron chi connectivity index (χ4n) is 2.49. The summed E-state index contributed by atoms with van der Waals surface area (Å²) in [6.45, 7) is 1.42. The first-order valence-corrected chi connectivity index (χ1v) is 13.1. The molecule has 2 aromatic carbocycles. The molecule has 6 nitrogen and oxygen atoms in total. The lowest BCUT2D eigenvalue weighted by Gasteiger charge is -2.06. The van der Waals surface area contributed by atoms with Crippen LogP contribution in [-0.4, -0.2) is 23.1 Å². The number of halogens is 3. The molecule has 0 saturated carbocycles. The van der Waals surface area contributed by atoms with Crippen molar-refractivity contribution >= 4 is 72.2 Å². The molecule has 0 aliphatic carbocycles. The van der Waals surface area contributed by atoms with Crippen LogP contribution in [0.25, 0.3) is 0 Å². The van der Waals surface area contributed by atoms with Crippen LogP contribution in [0.15, 0.2) is 66.9 Å². The highest BCUT2D eigenvalue weighted by atomic mass is 35.5. The number of hydrogen-bond donors (Lipinski definition) is 1. The molecule has 0 spiro atoms. The summed E-state index contributed by atoms with van der Waals surface area (Å²) >= 11 is 18.6. The van der Waals surface area contributed by atoms with Crippen molar-refractivity contribution in [1.29, 1.82) is 0 Å². The molecule has 0 radical (unpaired) electrons. The van der Waals surface area contributed by atoms with Crippen LogP contribution in [0.4, 0.5) is 0 Å². The van der Waals surface area contributed by atoms with Crippen molar-refractivity contribution in [3.8, 4) is 0 Å². The Morgan fingerprint density at radius 3 is 2.17 bits per heavy atom. The van der Waals surface area contributed by atoms with E-state index >= 15 is 0 Å². The van der Waals surface area contributed by atoms with Gasteiger partial charge >= 0.3 is 0 Å². The molecule has 0 unspecified atom stereocenters. The summed E-state index contributed by atoms with van der Waals surface area (Å²) in [6.07, 6.45) is 1.18. The first-order valence-electron chi connectivity index (χ1n) is 8.11. The van der Waals surface area contributed by atoms with Crippen molar-refractivity contribution in [2.75, 3.05) is 0 Å². The van der Waals surface area contributed by atoms with Crippen LogP contribution in [0.5, 0.6) is 0 Å². The van der Waals surface area contributed by atoms with E-state index in [4.69, 9.17) is 34.8 Å². The Morgan fingerprint density at radius 2 is 1.57 bits per heavy atom. The molecule has 0 aliphatic heterocycles. The Balaban J connectivity index is 1.90. The van der Waals surface area contributed by atoms with E-state index in [1.165, 1.54) is 42.8 Å². The SMILES string of the molecule is Cc1c(S(=O)(=O)c2ccc(Cl)cc2)csc1S(=O)(=O)N/N=C/c1c(Cl)cccc1Cl.